The summed E-state index contributed by atoms with van der Waals surface area (Å²) in [5.74, 6) is 0. The van der Waals surface area contributed by atoms with Crippen LogP contribution < -0.4 is 5.19 Å². The smallest absolute Gasteiger partial charge is 0.218 e. The summed E-state index contributed by atoms with van der Waals surface area (Å²) >= 11 is 0. The second-order valence-electron chi connectivity index (χ2n) is 4.94. The van der Waals surface area contributed by atoms with Crippen molar-refractivity contribution >= 4 is 13.5 Å². The highest BCUT2D eigenvalue weighted by Gasteiger charge is 2.26. The van der Waals surface area contributed by atoms with Gasteiger partial charge in [0.1, 0.15) is 0 Å². The summed E-state index contributed by atoms with van der Waals surface area (Å²) in [6.07, 6.45) is 2.38. The molecule has 16 heavy (non-hydrogen) atoms. The minimum atomic E-state index is -1.75. The maximum Gasteiger partial charge on any atom is 0.218 e. The van der Waals surface area contributed by atoms with Crippen LogP contribution in [-0.4, -0.2) is 14.4 Å². The van der Waals surface area contributed by atoms with E-state index in [1.807, 2.05) is 6.07 Å². The topological polar surface area (TPSA) is 9.23 Å². The van der Waals surface area contributed by atoms with Gasteiger partial charge in [-0.05, 0) is 39.1 Å². The van der Waals surface area contributed by atoms with Crippen LogP contribution in [0.5, 0.6) is 0 Å². The van der Waals surface area contributed by atoms with Crippen LogP contribution >= 0.6 is 0 Å². The molecular weight excluding hydrogens is 212 g/mol. The van der Waals surface area contributed by atoms with Gasteiger partial charge >= 0.3 is 0 Å². The van der Waals surface area contributed by atoms with Gasteiger partial charge < -0.3 is 4.43 Å². The van der Waals surface area contributed by atoms with Crippen LogP contribution in [0.25, 0.3) is 0 Å². The quantitative estimate of drug-likeness (QED) is 0.572. The Morgan fingerprint density at radius 3 is 2.25 bits per heavy atom. The fourth-order valence-corrected chi connectivity index (χ4v) is 4.00. The Hall–Kier alpha value is -0.863. The van der Waals surface area contributed by atoms with E-state index in [9.17, 15) is 0 Å². The van der Waals surface area contributed by atoms with E-state index in [0.717, 1.165) is 0 Å². The van der Waals surface area contributed by atoms with Gasteiger partial charge in [-0.2, -0.15) is 0 Å². The lowest BCUT2D eigenvalue weighted by molar-refractivity contribution is 0.265. The van der Waals surface area contributed by atoms with E-state index in [-0.39, 0.29) is 6.10 Å². The first-order valence-corrected chi connectivity index (χ1v) is 8.71. The second kappa shape index (κ2) is 5.46. The van der Waals surface area contributed by atoms with Crippen molar-refractivity contribution in [2.24, 2.45) is 0 Å². The Morgan fingerprint density at radius 2 is 1.75 bits per heavy atom. The predicted molar refractivity (Wildman–Crippen MR) is 73.5 cm³/mol. The van der Waals surface area contributed by atoms with Crippen LogP contribution in [0, 0.1) is 0 Å². The molecule has 0 spiro atoms. The van der Waals surface area contributed by atoms with Crippen LogP contribution in [0.3, 0.4) is 0 Å². The largest absolute Gasteiger partial charge is 0.407 e. The van der Waals surface area contributed by atoms with Crippen molar-refractivity contribution in [1.29, 1.82) is 0 Å². The van der Waals surface area contributed by atoms with E-state index in [2.05, 4.69) is 64.2 Å². The summed E-state index contributed by atoms with van der Waals surface area (Å²) in [5, 5.41) is 1.35. The molecule has 0 bridgehead atoms. The number of rotatable bonds is 4. The van der Waals surface area contributed by atoms with Gasteiger partial charge in [-0.3, -0.25) is 0 Å². The molecule has 1 aromatic carbocycles. The lowest BCUT2D eigenvalue weighted by Gasteiger charge is -2.26. The molecule has 0 aliphatic rings. The molecule has 1 rings (SSSR count). The molecule has 1 unspecified atom stereocenters. The van der Waals surface area contributed by atoms with Crippen molar-refractivity contribution < 1.29 is 4.43 Å². The van der Waals surface area contributed by atoms with Crippen LogP contribution in [0.15, 0.2) is 42.0 Å². The van der Waals surface area contributed by atoms with Crippen LogP contribution in [0.4, 0.5) is 0 Å². The summed E-state index contributed by atoms with van der Waals surface area (Å²) < 4.78 is 6.20. The summed E-state index contributed by atoms with van der Waals surface area (Å²) in [5.41, 5.74) is 1.31. The molecule has 0 amide bonds. The van der Waals surface area contributed by atoms with Gasteiger partial charge in [-0.1, -0.05) is 42.0 Å². The highest BCUT2D eigenvalue weighted by atomic mass is 28.4. The molecule has 0 saturated heterocycles. The average molecular weight is 234 g/mol. The zero-order valence-corrected chi connectivity index (χ0v) is 11.9. The predicted octanol–water partition coefficient (Wildman–Crippen LogP) is 3.47. The molecule has 0 saturated carbocycles. The molecule has 0 aromatic heterocycles. The SMILES string of the molecule is CC(C)=CC(C)O[Si](C)(C)c1ccccc1. The van der Waals surface area contributed by atoms with Gasteiger partial charge in [0.15, 0.2) is 0 Å². The van der Waals surface area contributed by atoms with E-state index in [1.165, 1.54) is 10.8 Å². The Bertz CT molecular complexity index is 350. The summed E-state index contributed by atoms with van der Waals surface area (Å²) in [6.45, 7) is 10.8. The van der Waals surface area contributed by atoms with Gasteiger partial charge in [0, 0.05) is 0 Å². The molecule has 0 N–H and O–H groups in total. The Morgan fingerprint density at radius 1 is 1.19 bits per heavy atom. The fourth-order valence-electron chi connectivity index (χ4n) is 1.88. The van der Waals surface area contributed by atoms with Crippen molar-refractivity contribution in [1.82, 2.24) is 0 Å². The number of hydrogen-bond donors (Lipinski definition) is 0. The highest BCUT2D eigenvalue weighted by molar-refractivity contribution is 6.84. The molecule has 0 aliphatic carbocycles. The third kappa shape index (κ3) is 3.95. The number of hydrogen-bond acceptors (Lipinski definition) is 1. The standard InChI is InChI=1S/C14H22OSi/c1-12(2)11-13(3)15-16(4,5)14-9-7-6-8-10-14/h6-11,13H,1-5H3. The van der Waals surface area contributed by atoms with Crippen molar-refractivity contribution in [3.63, 3.8) is 0 Å². The third-order valence-electron chi connectivity index (χ3n) is 2.52. The third-order valence-corrected chi connectivity index (χ3v) is 5.20. The van der Waals surface area contributed by atoms with Gasteiger partial charge in [-0.25, -0.2) is 0 Å². The fraction of sp³-hybridized carbons (Fsp3) is 0.429. The molecule has 1 atom stereocenters. The Labute approximate surface area is 100 Å². The maximum atomic E-state index is 6.20. The average Bonchev–Trinajstić information content (AvgIpc) is 2.16. The zero-order valence-electron chi connectivity index (χ0n) is 10.9. The Kier molecular flexibility index (Phi) is 4.51. The lowest BCUT2D eigenvalue weighted by Crippen LogP contribution is -2.46. The van der Waals surface area contributed by atoms with Crippen molar-refractivity contribution in [2.45, 2.75) is 40.0 Å². The van der Waals surface area contributed by atoms with Gasteiger partial charge in [-0.15, -0.1) is 0 Å². The molecule has 1 aromatic rings. The number of allylic oxidation sites excluding steroid dienone is 1. The van der Waals surface area contributed by atoms with Crippen LogP contribution in [0.1, 0.15) is 20.8 Å². The van der Waals surface area contributed by atoms with Crippen LogP contribution in [0.2, 0.25) is 13.1 Å². The van der Waals surface area contributed by atoms with E-state index in [0.29, 0.717) is 0 Å². The lowest BCUT2D eigenvalue weighted by atomic mass is 10.2. The first-order chi connectivity index (χ1) is 7.42. The summed E-state index contributed by atoms with van der Waals surface area (Å²) in [4.78, 5) is 0. The van der Waals surface area contributed by atoms with E-state index < -0.39 is 8.32 Å². The van der Waals surface area contributed by atoms with Gasteiger partial charge in [0.25, 0.3) is 0 Å². The minimum absolute atomic E-state index is 0.201. The van der Waals surface area contributed by atoms with Crippen molar-refractivity contribution in [2.75, 3.05) is 0 Å². The first kappa shape index (κ1) is 13.2. The molecule has 0 radical (unpaired) electrons. The Balaban J connectivity index is 2.76. The molecule has 0 fully saturated rings. The van der Waals surface area contributed by atoms with E-state index in [4.69, 9.17) is 4.43 Å². The summed E-state index contributed by atoms with van der Waals surface area (Å²) in [6, 6.07) is 10.6. The molecule has 1 nitrogen and oxygen atoms in total. The molecule has 88 valence electrons. The normalized spacial score (nSPS) is 13.3. The van der Waals surface area contributed by atoms with E-state index >= 15 is 0 Å². The highest BCUT2D eigenvalue weighted by Crippen LogP contribution is 2.10. The van der Waals surface area contributed by atoms with Crippen LogP contribution in [-0.2, 0) is 4.43 Å². The van der Waals surface area contributed by atoms with Gasteiger partial charge in [0.2, 0.25) is 8.32 Å². The molecule has 0 aliphatic heterocycles. The minimum Gasteiger partial charge on any atom is -0.407 e. The maximum absolute atomic E-state index is 6.20. The molecular formula is C14H22OSi. The van der Waals surface area contributed by atoms with E-state index in [1.54, 1.807) is 0 Å². The second-order valence-corrected chi connectivity index (χ2v) is 8.78. The number of benzene rings is 1. The molecule has 0 heterocycles. The first-order valence-electron chi connectivity index (χ1n) is 5.80. The monoisotopic (exact) mass is 234 g/mol. The van der Waals surface area contributed by atoms with Crippen molar-refractivity contribution in [3.8, 4) is 0 Å². The molecule has 2 heteroatoms. The summed E-state index contributed by atoms with van der Waals surface area (Å²) in [7, 11) is -1.75. The van der Waals surface area contributed by atoms with Gasteiger partial charge in [0.05, 0.1) is 6.10 Å². The zero-order chi connectivity index (χ0) is 12.2. The van der Waals surface area contributed by atoms with Crippen molar-refractivity contribution in [3.05, 3.63) is 42.0 Å².